The highest BCUT2D eigenvalue weighted by Gasteiger charge is 2.12. The number of aryl methyl sites for hydroxylation is 1. The number of rotatable bonds is 8. The maximum Gasteiger partial charge on any atom is 0.251 e. The highest BCUT2D eigenvalue weighted by atomic mass is 16.5. The topological polar surface area (TPSA) is 60.7 Å². The molecule has 3 aromatic rings. The number of hydrogen-bond donors (Lipinski definition) is 1. The van der Waals surface area contributed by atoms with E-state index in [-0.39, 0.29) is 5.91 Å². The number of nitrogens with one attached hydrogen (secondary N) is 1. The van der Waals surface area contributed by atoms with Crippen molar-refractivity contribution >= 4 is 5.91 Å². The summed E-state index contributed by atoms with van der Waals surface area (Å²) >= 11 is 0. The number of hydrogen-bond acceptors (Lipinski definition) is 4. The van der Waals surface area contributed by atoms with E-state index in [9.17, 15) is 4.79 Å². The fraction of sp³-hybridized carbons (Fsp3) is 0.227. The van der Waals surface area contributed by atoms with Gasteiger partial charge in [-0.05, 0) is 61.9 Å². The van der Waals surface area contributed by atoms with Crippen molar-refractivity contribution in [1.82, 2.24) is 5.32 Å². The quantitative estimate of drug-likeness (QED) is 0.639. The summed E-state index contributed by atoms with van der Waals surface area (Å²) < 4.78 is 16.8. The number of amides is 1. The average molecular weight is 365 g/mol. The van der Waals surface area contributed by atoms with Crippen LogP contribution in [-0.2, 0) is 13.2 Å². The Balaban J connectivity index is 1.72. The molecule has 27 heavy (non-hydrogen) atoms. The van der Waals surface area contributed by atoms with Gasteiger partial charge in [0, 0.05) is 11.1 Å². The molecule has 1 amide bonds. The molecule has 0 aliphatic carbocycles. The maximum absolute atomic E-state index is 12.4. The Morgan fingerprint density at radius 1 is 1.07 bits per heavy atom. The molecule has 1 N–H and O–H groups in total. The van der Waals surface area contributed by atoms with Gasteiger partial charge in [-0.3, -0.25) is 4.79 Å². The van der Waals surface area contributed by atoms with Gasteiger partial charge in [-0.25, -0.2) is 0 Å². The van der Waals surface area contributed by atoms with E-state index < -0.39 is 0 Å². The first kappa shape index (κ1) is 18.6. The fourth-order valence-electron chi connectivity index (χ4n) is 2.68. The van der Waals surface area contributed by atoms with Gasteiger partial charge < -0.3 is 19.2 Å². The van der Waals surface area contributed by atoms with Crippen LogP contribution < -0.4 is 14.8 Å². The Bertz CT molecular complexity index is 887. The Labute approximate surface area is 158 Å². The molecule has 2 aromatic carbocycles. The van der Waals surface area contributed by atoms with Gasteiger partial charge >= 0.3 is 0 Å². The molecule has 0 saturated heterocycles. The van der Waals surface area contributed by atoms with E-state index in [4.69, 9.17) is 13.9 Å². The van der Waals surface area contributed by atoms with E-state index in [0.717, 1.165) is 16.9 Å². The number of carbonyl (C=O) groups excluding carboxylic acids is 1. The molecule has 0 spiro atoms. The summed E-state index contributed by atoms with van der Waals surface area (Å²) in [6, 6.07) is 16.8. The van der Waals surface area contributed by atoms with Crippen LogP contribution in [-0.4, -0.2) is 12.5 Å². The number of ether oxygens (including phenoxy) is 2. The van der Waals surface area contributed by atoms with Gasteiger partial charge in [-0.15, -0.1) is 0 Å². The first-order valence-electron chi connectivity index (χ1n) is 8.91. The number of carbonyl (C=O) groups is 1. The van der Waals surface area contributed by atoms with Gasteiger partial charge in [0.15, 0.2) is 0 Å². The number of furan rings is 1. The molecule has 0 saturated carbocycles. The SMILES string of the molecule is CCOc1ccc(C(=O)NCc2ccco2)cc1COc1cccc(C)c1. The van der Waals surface area contributed by atoms with E-state index >= 15 is 0 Å². The lowest BCUT2D eigenvalue weighted by atomic mass is 10.1. The standard InChI is InChI=1S/C22H23NO4/c1-3-25-21-10-9-17(22(24)23-14-20-8-5-11-26-20)13-18(21)15-27-19-7-4-6-16(2)12-19/h4-13H,3,14-15H2,1-2H3,(H,23,24). The van der Waals surface area contributed by atoms with Crippen LogP contribution in [0, 0.1) is 6.92 Å². The molecular weight excluding hydrogens is 342 g/mol. The largest absolute Gasteiger partial charge is 0.493 e. The highest BCUT2D eigenvalue weighted by molar-refractivity contribution is 5.94. The summed E-state index contributed by atoms with van der Waals surface area (Å²) in [6.07, 6.45) is 1.58. The lowest BCUT2D eigenvalue weighted by Crippen LogP contribution is -2.22. The molecule has 0 bridgehead atoms. The van der Waals surface area contributed by atoms with Crippen LogP contribution in [0.15, 0.2) is 65.3 Å². The van der Waals surface area contributed by atoms with Crippen LogP contribution >= 0.6 is 0 Å². The van der Waals surface area contributed by atoms with Crippen molar-refractivity contribution < 1.29 is 18.7 Å². The minimum Gasteiger partial charge on any atom is -0.493 e. The van der Waals surface area contributed by atoms with Crippen molar-refractivity contribution in [3.8, 4) is 11.5 Å². The molecule has 5 nitrogen and oxygen atoms in total. The minimum atomic E-state index is -0.175. The van der Waals surface area contributed by atoms with Gasteiger partial charge in [0.2, 0.25) is 0 Å². The zero-order valence-electron chi connectivity index (χ0n) is 15.5. The van der Waals surface area contributed by atoms with E-state index in [0.29, 0.717) is 36.8 Å². The molecule has 1 heterocycles. The van der Waals surface area contributed by atoms with Crippen molar-refractivity contribution in [2.75, 3.05) is 6.61 Å². The summed E-state index contributed by atoms with van der Waals surface area (Å²) in [5.41, 5.74) is 2.50. The summed E-state index contributed by atoms with van der Waals surface area (Å²) in [6.45, 7) is 5.14. The van der Waals surface area contributed by atoms with Crippen molar-refractivity contribution in [3.05, 3.63) is 83.3 Å². The van der Waals surface area contributed by atoms with Gasteiger partial charge in [0.25, 0.3) is 5.91 Å². The zero-order valence-corrected chi connectivity index (χ0v) is 15.5. The normalized spacial score (nSPS) is 10.4. The van der Waals surface area contributed by atoms with Crippen molar-refractivity contribution in [1.29, 1.82) is 0 Å². The van der Waals surface area contributed by atoms with Gasteiger partial charge in [0.05, 0.1) is 19.4 Å². The molecule has 0 radical (unpaired) electrons. The van der Waals surface area contributed by atoms with Crippen LogP contribution in [0.1, 0.15) is 34.2 Å². The first-order chi connectivity index (χ1) is 13.2. The molecule has 5 heteroatoms. The van der Waals surface area contributed by atoms with Crippen molar-refractivity contribution in [2.45, 2.75) is 27.0 Å². The summed E-state index contributed by atoms with van der Waals surface area (Å²) in [7, 11) is 0. The van der Waals surface area contributed by atoms with Gasteiger partial charge in [-0.2, -0.15) is 0 Å². The molecular formula is C22H23NO4. The third-order valence-electron chi connectivity index (χ3n) is 4.01. The molecule has 0 aliphatic rings. The van der Waals surface area contributed by atoms with Crippen molar-refractivity contribution in [2.24, 2.45) is 0 Å². The van der Waals surface area contributed by atoms with Crippen LogP contribution in [0.4, 0.5) is 0 Å². The Morgan fingerprint density at radius 2 is 1.96 bits per heavy atom. The summed E-state index contributed by atoms with van der Waals surface area (Å²) in [5, 5.41) is 2.85. The molecule has 0 aliphatic heterocycles. The van der Waals surface area contributed by atoms with E-state index in [1.54, 1.807) is 30.5 Å². The van der Waals surface area contributed by atoms with E-state index in [1.807, 2.05) is 44.2 Å². The van der Waals surface area contributed by atoms with Crippen LogP contribution in [0.2, 0.25) is 0 Å². The predicted octanol–water partition coefficient (Wildman–Crippen LogP) is 4.50. The van der Waals surface area contributed by atoms with Gasteiger partial charge in [0.1, 0.15) is 23.9 Å². The molecule has 1 aromatic heterocycles. The molecule has 140 valence electrons. The lowest BCUT2D eigenvalue weighted by Gasteiger charge is -2.13. The Morgan fingerprint density at radius 3 is 2.70 bits per heavy atom. The molecule has 0 fully saturated rings. The van der Waals surface area contributed by atoms with E-state index in [2.05, 4.69) is 5.32 Å². The van der Waals surface area contributed by atoms with Gasteiger partial charge in [-0.1, -0.05) is 12.1 Å². The monoisotopic (exact) mass is 365 g/mol. The van der Waals surface area contributed by atoms with E-state index in [1.165, 1.54) is 0 Å². The maximum atomic E-state index is 12.4. The second-order valence-corrected chi connectivity index (χ2v) is 6.12. The first-order valence-corrected chi connectivity index (χ1v) is 8.91. The summed E-state index contributed by atoms with van der Waals surface area (Å²) in [4.78, 5) is 12.4. The predicted molar refractivity (Wildman–Crippen MR) is 103 cm³/mol. The van der Waals surface area contributed by atoms with Crippen LogP contribution in [0.25, 0.3) is 0 Å². The average Bonchev–Trinajstić information content (AvgIpc) is 3.19. The fourth-order valence-corrected chi connectivity index (χ4v) is 2.68. The second-order valence-electron chi connectivity index (χ2n) is 6.12. The second kappa shape index (κ2) is 8.94. The third kappa shape index (κ3) is 5.14. The minimum absolute atomic E-state index is 0.175. The smallest absolute Gasteiger partial charge is 0.251 e. The Hall–Kier alpha value is -3.21. The highest BCUT2D eigenvalue weighted by Crippen LogP contribution is 2.23. The molecule has 0 atom stereocenters. The van der Waals surface area contributed by atoms with Crippen LogP contribution in [0.5, 0.6) is 11.5 Å². The third-order valence-corrected chi connectivity index (χ3v) is 4.01. The molecule has 3 rings (SSSR count). The Kier molecular flexibility index (Phi) is 6.15. The summed E-state index contributed by atoms with van der Waals surface area (Å²) in [5.74, 6) is 2.03. The van der Waals surface area contributed by atoms with Crippen molar-refractivity contribution in [3.63, 3.8) is 0 Å². The zero-order chi connectivity index (χ0) is 19.1. The van der Waals surface area contributed by atoms with Crippen LogP contribution in [0.3, 0.4) is 0 Å². The molecule has 0 unspecified atom stereocenters. The number of benzene rings is 2. The lowest BCUT2D eigenvalue weighted by molar-refractivity contribution is 0.0948.